The van der Waals surface area contributed by atoms with E-state index < -0.39 is 12.1 Å². The molecule has 8 nitrogen and oxygen atoms in total. The molecule has 198 valence electrons. The Bertz CT molecular complexity index is 907. The molecule has 1 atom stereocenters. The highest BCUT2D eigenvalue weighted by molar-refractivity contribution is 5.74. The lowest BCUT2D eigenvalue weighted by molar-refractivity contribution is -0.149. The van der Waals surface area contributed by atoms with Crippen LogP contribution in [-0.2, 0) is 27.2 Å². The molecule has 2 aromatic carbocycles. The van der Waals surface area contributed by atoms with Gasteiger partial charge in [0.05, 0.1) is 13.2 Å². The number of carbonyl (C=O) groups is 2. The molecule has 0 bridgehead atoms. The zero-order valence-electron chi connectivity index (χ0n) is 21.1. The first kappa shape index (κ1) is 29.1. The number of unbranched alkanes of at least 4 members (excludes halogenated alkanes) is 1. The van der Waals surface area contributed by atoms with Gasteiger partial charge in [0.1, 0.15) is 18.2 Å². The van der Waals surface area contributed by atoms with Gasteiger partial charge in [0.25, 0.3) is 0 Å². The molecule has 0 radical (unpaired) electrons. The summed E-state index contributed by atoms with van der Waals surface area (Å²) in [5, 5.41) is 12.1. The van der Waals surface area contributed by atoms with Gasteiger partial charge in [-0.15, -0.1) is 0 Å². The lowest BCUT2D eigenvalue weighted by Crippen LogP contribution is -2.43. The van der Waals surface area contributed by atoms with Crippen molar-refractivity contribution in [1.29, 1.82) is 0 Å². The van der Waals surface area contributed by atoms with E-state index in [9.17, 15) is 19.1 Å². The van der Waals surface area contributed by atoms with E-state index in [1.54, 1.807) is 48.2 Å². The zero-order chi connectivity index (χ0) is 26.2. The maximum atomic E-state index is 13.1. The number of amides is 2. The number of carboxylic acids is 1. The highest BCUT2D eigenvalue weighted by Gasteiger charge is 2.18. The van der Waals surface area contributed by atoms with Crippen molar-refractivity contribution in [2.45, 2.75) is 45.8 Å². The van der Waals surface area contributed by atoms with Crippen molar-refractivity contribution in [2.24, 2.45) is 0 Å². The zero-order valence-corrected chi connectivity index (χ0v) is 21.1. The maximum absolute atomic E-state index is 13.1. The first-order chi connectivity index (χ1) is 17.4. The summed E-state index contributed by atoms with van der Waals surface area (Å²) in [6.07, 6.45) is 1.39. The molecule has 0 saturated carbocycles. The molecule has 0 fully saturated rings. The monoisotopic (exact) mass is 504 g/mol. The predicted molar refractivity (Wildman–Crippen MR) is 135 cm³/mol. The predicted octanol–water partition coefficient (Wildman–Crippen LogP) is 4.27. The van der Waals surface area contributed by atoms with E-state index in [1.165, 1.54) is 12.1 Å². The standard InChI is InChI=1S/C27H37FN2O6/c1-3-5-16-34-17-14-30(27(33)29-20-22-6-10-23(28)11-7-22)15-18-36-24-12-8-21(9-13-24)19-25(26(31)32)35-4-2/h6-13,25H,3-5,14-20H2,1-2H3,(H,29,33)(H,31,32). The highest BCUT2D eigenvalue weighted by Crippen LogP contribution is 2.15. The van der Waals surface area contributed by atoms with Gasteiger partial charge in [-0.25, -0.2) is 14.0 Å². The SMILES string of the molecule is CCCCOCCN(CCOc1ccc(CC(OCC)C(=O)O)cc1)C(=O)NCc1ccc(F)cc1. The molecular weight excluding hydrogens is 467 g/mol. The van der Waals surface area contributed by atoms with Crippen LogP contribution in [-0.4, -0.2) is 67.6 Å². The van der Waals surface area contributed by atoms with Crippen molar-refractivity contribution in [2.75, 3.05) is 39.5 Å². The van der Waals surface area contributed by atoms with Crippen molar-refractivity contribution in [3.63, 3.8) is 0 Å². The van der Waals surface area contributed by atoms with Crippen LogP contribution in [0.15, 0.2) is 48.5 Å². The Morgan fingerprint density at radius 1 is 0.972 bits per heavy atom. The smallest absolute Gasteiger partial charge is 0.333 e. The number of carbonyl (C=O) groups excluding carboxylic acids is 1. The van der Waals surface area contributed by atoms with Crippen molar-refractivity contribution in [3.8, 4) is 5.75 Å². The fourth-order valence-corrected chi connectivity index (χ4v) is 3.36. The van der Waals surface area contributed by atoms with Gasteiger partial charge in [-0.1, -0.05) is 37.6 Å². The molecule has 2 aromatic rings. The third-order valence-corrected chi connectivity index (χ3v) is 5.41. The van der Waals surface area contributed by atoms with Crippen LogP contribution in [0.3, 0.4) is 0 Å². The quantitative estimate of drug-likeness (QED) is 0.313. The second-order valence-electron chi connectivity index (χ2n) is 8.22. The molecule has 0 aliphatic rings. The minimum absolute atomic E-state index is 0.256. The van der Waals surface area contributed by atoms with E-state index in [-0.39, 0.29) is 31.4 Å². The minimum Gasteiger partial charge on any atom is -0.492 e. The molecule has 2 N–H and O–H groups in total. The van der Waals surface area contributed by atoms with Gasteiger partial charge in [-0.3, -0.25) is 0 Å². The summed E-state index contributed by atoms with van der Waals surface area (Å²) in [5.74, 6) is -0.696. The summed E-state index contributed by atoms with van der Waals surface area (Å²) in [5.41, 5.74) is 1.63. The Labute approximate surface area is 212 Å². The number of ether oxygens (including phenoxy) is 3. The van der Waals surface area contributed by atoms with Crippen molar-refractivity contribution in [1.82, 2.24) is 10.2 Å². The number of rotatable bonds is 17. The summed E-state index contributed by atoms with van der Waals surface area (Å²) in [4.78, 5) is 25.7. The van der Waals surface area contributed by atoms with Gasteiger partial charge in [0.15, 0.2) is 6.10 Å². The molecule has 9 heteroatoms. The average molecular weight is 505 g/mol. The van der Waals surface area contributed by atoms with E-state index in [4.69, 9.17) is 14.2 Å². The number of benzene rings is 2. The van der Waals surface area contributed by atoms with Gasteiger partial charge in [-0.05, 0) is 48.7 Å². The molecular formula is C27H37FN2O6. The molecule has 2 rings (SSSR count). The second-order valence-corrected chi connectivity index (χ2v) is 8.22. The Hall–Kier alpha value is -3.17. The highest BCUT2D eigenvalue weighted by atomic mass is 19.1. The average Bonchev–Trinajstić information content (AvgIpc) is 2.87. The Morgan fingerprint density at radius 3 is 2.28 bits per heavy atom. The lowest BCUT2D eigenvalue weighted by atomic mass is 10.1. The Balaban J connectivity index is 1.86. The van der Waals surface area contributed by atoms with Crippen LogP contribution in [0, 0.1) is 5.82 Å². The number of nitrogens with one attached hydrogen (secondary N) is 1. The lowest BCUT2D eigenvalue weighted by Gasteiger charge is -2.23. The topological polar surface area (TPSA) is 97.3 Å². The molecule has 0 aliphatic heterocycles. The van der Waals surface area contributed by atoms with E-state index >= 15 is 0 Å². The summed E-state index contributed by atoms with van der Waals surface area (Å²) >= 11 is 0. The first-order valence-electron chi connectivity index (χ1n) is 12.3. The summed E-state index contributed by atoms with van der Waals surface area (Å²) < 4.78 is 29.8. The third kappa shape index (κ3) is 11.0. The molecule has 2 amide bonds. The van der Waals surface area contributed by atoms with Gasteiger partial charge in [0, 0.05) is 32.7 Å². The summed E-state index contributed by atoms with van der Waals surface area (Å²) in [6, 6.07) is 12.9. The second kappa shape index (κ2) is 16.5. The molecule has 0 aromatic heterocycles. The molecule has 1 unspecified atom stereocenters. The van der Waals surface area contributed by atoms with Crippen molar-refractivity contribution in [3.05, 3.63) is 65.5 Å². The summed E-state index contributed by atoms with van der Waals surface area (Å²) in [7, 11) is 0. The van der Waals surface area contributed by atoms with Crippen molar-refractivity contribution < 1.29 is 33.3 Å². The summed E-state index contributed by atoms with van der Waals surface area (Å²) in [6.45, 7) is 6.56. The van der Waals surface area contributed by atoms with Crippen LogP contribution in [0.25, 0.3) is 0 Å². The first-order valence-corrected chi connectivity index (χ1v) is 12.3. The maximum Gasteiger partial charge on any atom is 0.333 e. The molecule has 36 heavy (non-hydrogen) atoms. The van der Waals surface area contributed by atoms with Gasteiger partial charge >= 0.3 is 12.0 Å². The van der Waals surface area contributed by atoms with Crippen LogP contribution >= 0.6 is 0 Å². The van der Waals surface area contributed by atoms with Crippen LogP contribution in [0.5, 0.6) is 5.75 Å². The van der Waals surface area contributed by atoms with E-state index in [0.717, 1.165) is 24.0 Å². The minimum atomic E-state index is -0.992. The van der Waals surface area contributed by atoms with E-state index in [2.05, 4.69) is 12.2 Å². The molecule has 0 spiro atoms. The fraction of sp³-hybridized carbons (Fsp3) is 0.481. The van der Waals surface area contributed by atoms with Gasteiger partial charge in [0.2, 0.25) is 0 Å². The number of aliphatic carboxylic acids is 1. The van der Waals surface area contributed by atoms with E-state index in [1.807, 2.05) is 0 Å². The van der Waals surface area contributed by atoms with Gasteiger partial charge < -0.3 is 29.5 Å². The Morgan fingerprint density at radius 2 is 1.64 bits per heavy atom. The fourth-order valence-electron chi connectivity index (χ4n) is 3.36. The van der Waals surface area contributed by atoms with E-state index in [0.29, 0.717) is 38.7 Å². The number of halogens is 1. The molecule has 0 aliphatic carbocycles. The van der Waals surface area contributed by atoms with Crippen molar-refractivity contribution >= 4 is 12.0 Å². The number of urea groups is 1. The number of carboxylic acid groups (broad SMARTS) is 1. The van der Waals surface area contributed by atoms with Crippen LogP contribution in [0.1, 0.15) is 37.8 Å². The molecule has 0 heterocycles. The normalized spacial score (nSPS) is 11.6. The number of hydrogen-bond donors (Lipinski definition) is 2. The van der Waals surface area contributed by atoms with Crippen LogP contribution in [0.2, 0.25) is 0 Å². The molecule has 0 saturated heterocycles. The Kier molecular flexibility index (Phi) is 13.3. The van der Waals surface area contributed by atoms with Gasteiger partial charge in [-0.2, -0.15) is 0 Å². The van der Waals surface area contributed by atoms with Crippen LogP contribution in [0.4, 0.5) is 9.18 Å². The largest absolute Gasteiger partial charge is 0.492 e. The number of nitrogens with zero attached hydrogens (tertiary/aromatic N) is 1. The van der Waals surface area contributed by atoms with Crippen LogP contribution < -0.4 is 10.1 Å². The third-order valence-electron chi connectivity index (χ3n) is 5.41. The number of hydrogen-bond acceptors (Lipinski definition) is 5.